The molecule has 2 aromatic rings. The predicted octanol–water partition coefficient (Wildman–Crippen LogP) is 1.67. The van der Waals surface area contributed by atoms with Crippen LogP contribution in [0.15, 0.2) is 31.0 Å². The lowest BCUT2D eigenvalue weighted by atomic mass is 10.3. The van der Waals surface area contributed by atoms with Crippen molar-refractivity contribution in [3.63, 3.8) is 0 Å². The summed E-state index contributed by atoms with van der Waals surface area (Å²) in [5.74, 6) is 0.979. The highest BCUT2D eigenvalue weighted by Crippen LogP contribution is 2.09. The van der Waals surface area contributed by atoms with Gasteiger partial charge in [-0.2, -0.15) is 0 Å². The Morgan fingerprint density at radius 2 is 1.79 bits per heavy atom. The van der Waals surface area contributed by atoms with Gasteiger partial charge in [-0.3, -0.25) is 4.98 Å². The average Bonchev–Trinajstić information content (AvgIpc) is 2.30. The first-order valence-electron chi connectivity index (χ1n) is 4.03. The molecule has 0 unspecified atom stereocenters. The zero-order valence-electron chi connectivity index (χ0n) is 7.26. The maximum Gasteiger partial charge on any atom is 0.179 e. The molecule has 0 aromatic carbocycles. The Hall–Kier alpha value is -1.55. The quantitative estimate of drug-likeness (QED) is 0.702. The first-order chi connectivity index (χ1) is 6.90. The number of hydrogen-bond donors (Lipinski definition) is 0. The third-order valence-electron chi connectivity index (χ3n) is 1.65. The molecular formula is C9H7ClN4. The zero-order valence-corrected chi connectivity index (χ0v) is 8.02. The van der Waals surface area contributed by atoms with Crippen LogP contribution in [0.1, 0.15) is 5.56 Å². The number of rotatable bonds is 2. The summed E-state index contributed by atoms with van der Waals surface area (Å²) in [6, 6.07) is 0. The Bertz CT molecular complexity index is 401. The van der Waals surface area contributed by atoms with Gasteiger partial charge in [-0.1, -0.05) is 0 Å². The molecule has 0 saturated carbocycles. The molecule has 2 rings (SSSR count). The molecule has 0 aliphatic heterocycles. The second-order valence-corrected chi connectivity index (χ2v) is 2.91. The van der Waals surface area contributed by atoms with E-state index in [0.717, 1.165) is 5.56 Å². The second-order valence-electron chi connectivity index (χ2n) is 2.64. The van der Waals surface area contributed by atoms with E-state index in [4.69, 9.17) is 11.6 Å². The Morgan fingerprint density at radius 3 is 2.36 bits per heavy atom. The van der Waals surface area contributed by atoms with Crippen molar-refractivity contribution in [1.29, 1.82) is 0 Å². The summed E-state index contributed by atoms with van der Waals surface area (Å²) in [5.41, 5.74) is 1.55. The van der Waals surface area contributed by atoms with Crippen LogP contribution >= 0.6 is 11.6 Å². The van der Waals surface area contributed by atoms with Crippen LogP contribution < -0.4 is 0 Å². The van der Waals surface area contributed by atoms with Crippen LogP contribution in [0.4, 0.5) is 0 Å². The van der Waals surface area contributed by atoms with Gasteiger partial charge in [-0.15, -0.1) is 11.6 Å². The van der Waals surface area contributed by atoms with Crippen molar-refractivity contribution < 1.29 is 0 Å². The van der Waals surface area contributed by atoms with Crippen LogP contribution in [0.3, 0.4) is 0 Å². The fraction of sp³-hybridized carbons (Fsp3) is 0.111. The summed E-state index contributed by atoms with van der Waals surface area (Å²) in [4.78, 5) is 16.3. The van der Waals surface area contributed by atoms with Crippen molar-refractivity contribution in [3.05, 3.63) is 36.5 Å². The van der Waals surface area contributed by atoms with Gasteiger partial charge in [-0.25, -0.2) is 15.0 Å². The molecule has 0 N–H and O–H groups in total. The van der Waals surface area contributed by atoms with Crippen LogP contribution in [-0.4, -0.2) is 19.9 Å². The van der Waals surface area contributed by atoms with Crippen molar-refractivity contribution in [2.75, 3.05) is 0 Å². The van der Waals surface area contributed by atoms with Crippen LogP contribution in [-0.2, 0) is 5.88 Å². The molecular weight excluding hydrogens is 200 g/mol. The van der Waals surface area contributed by atoms with Gasteiger partial charge in [0, 0.05) is 30.4 Å². The Morgan fingerprint density at radius 1 is 1.00 bits per heavy atom. The van der Waals surface area contributed by atoms with Gasteiger partial charge in [0.05, 0.1) is 12.1 Å². The molecule has 0 atom stereocenters. The Balaban J connectivity index is 2.34. The minimum atomic E-state index is 0.417. The topological polar surface area (TPSA) is 51.6 Å². The molecule has 0 fully saturated rings. The molecule has 70 valence electrons. The van der Waals surface area contributed by atoms with E-state index in [2.05, 4.69) is 19.9 Å². The Kier molecular flexibility index (Phi) is 2.65. The molecule has 0 spiro atoms. The highest BCUT2D eigenvalue weighted by Gasteiger charge is 2.01. The second kappa shape index (κ2) is 4.11. The fourth-order valence-electron chi connectivity index (χ4n) is 0.971. The molecule has 2 aromatic heterocycles. The van der Waals surface area contributed by atoms with Crippen LogP contribution in [0.5, 0.6) is 0 Å². The number of halogens is 1. The summed E-state index contributed by atoms with van der Waals surface area (Å²) in [6.07, 6.45) is 8.20. The molecule has 0 saturated heterocycles. The van der Waals surface area contributed by atoms with Crippen molar-refractivity contribution in [1.82, 2.24) is 19.9 Å². The molecule has 0 aliphatic rings. The maximum atomic E-state index is 5.62. The first kappa shape index (κ1) is 9.02. The summed E-state index contributed by atoms with van der Waals surface area (Å²) < 4.78 is 0. The lowest BCUT2D eigenvalue weighted by Crippen LogP contribution is -1.93. The van der Waals surface area contributed by atoms with E-state index in [1.54, 1.807) is 31.0 Å². The molecule has 4 nitrogen and oxygen atoms in total. The molecule has 2 heterocycles. The normalized spacial score (nSPS) is 10.1. The fourth-order valence-corrected chi connectivity index (χ4v) is 1.11. The van der Waals surface area contributed by atoms with Gasteiger partial charge >= 0.3 is 0 Å². The Labute approximate surface area is 86.0 Å². The third-order valence-corrected chi connectivity index (χ3v) is 1.96. The molecule has 0 bridgehead atoms. The molecule has 0 aliphatic carbocycles. The molecule has 14 heavy (non-hydrogen) atoms. The van der Waals surface area contributed by atoms with Crippen LogP contribution in [0, 0.1) is 0 Å². The summed E-state index contributed by atoms with van der Waals surface area (Å²) in [6.45, 7) is 0. The molecule has 0 radical (unpaired) electrons. The van der Waals surface area contributed by atoms with E-state index in [9.17, 15) is 0 Å². The van der Waals surface area contributed by atoms with E-state index < -0.39 is 0 Å². The number of hydrogen-bond acceptors (Lipinski definition) is 4. The SMILES string of the molecule is ClCc1cnc(-c2cnccn2)nc1. The summed E-state index contributed by atoms with van der Waals surface area (Å²) >= 11 is 5.62. The highest BCUT2D eigenvalue weighted by atomic mass is 35.5. The average molecular weight is 207 g/mol. The summed E-state index contributed by atoms with van der Waals surface area (Å²) in [5, 5.41) is 0. The summed E-state index contributed by atoms with van der Waals surface area (Å²) in [7, 11) is 0. The number of alkyl halides is 1. The lowest BCUT2D eigenvalue weighted by Gasteiger charge is -1.98. The van der Waals surface area contributed by atoms with E-state index in [0.29, 0.717) is 17.4 Å². The van der Waals surface area contributed by atoms with Gasteiger partial charge in [0.2, 0.25) is 0 Å². The lowest BCUT2D eigenvalue weighted by molar-refractivity contribution is 1.08. The molecule has 5 heteroatoms. The minimum absolute atomic E-state index is 0.417. The van der Waals surface area contributed by atoms with Crippen LogP contribution in [0.2, 0.25) is 0 Å². The largest absolute Gasteiger partial charge is 0.261 e. The van der Waals surface area contributed by atoms with Crippen molar-refractivity contribution in [2.24, 2.45) is 0 Å². The van der Waals surface area contributed by atoms with Gasteiger partial charge in [-0.05, 0) is 0 Å². The first-order valence-corrected chi connectivity index (χ1v) is 4.57. The van der Waals surface area contributed by atoms with Crippen molar-refractivity contribution in [3.8, 4) is 11.5 Å². The predicted molar refractivity (Wildman–Crippen MR) is 52.6 cm³/mol. The van der Waals surface area contributed by atoms with E-state index in [1.165, 1.54) is 0 Å². The van der Waals surface area contributed by atoms with E-state index in [1.807, 2.05) is 0 Å². The highest BCUT2D eigenvalue weighted by molar-refractivity contribution is 6.17. The van der Waals surface area contributed by atoms with Crippen LogP contribution in [0.25, 0.3) is 11.5 Å². The smallest absolute Gasteiger partial charge is 0.179 e. The van der Waals surface area contributed by atoms with Gasteiger partial charge in [0.25, 0.3) is 0 Å². The van der Waals surface area contributed by atoms with Gasteiger partial charge in [0.15, 0.2) is 5.82 Å². The van der Waals surface area contributed by atoms with E-state index >= 15 is 0 Å². The van der Waals surface area contributed by atoms with E-state index in [-0.39, 0.29) is 0 Å². The zero-order chi connectivity index (χ0) is 9.80. The molecule has 0 amide bonds. The monoisotopic (exact) mass is 206 g/mol. The maximum absolute atomic E-state index is 5.62. The third kappa shape index (κ3) is 1.85. The standard InChI is InChI=1S/C9H7ClN4/c10-3-7-4-13-9(14-5-7)8-6-11-1-2-12-8/h1-2,4-6H,3H2. The van der Waals surface area contributed by atoms with Crippen molar-refractivity contribution in [2.45, 2.75) is 5.88 Å². The van der Waals surface area contributed by atoms with Crippen molar-refractivity contribution >= 4 is 11.6 Å². The van der Waals surface area contributed by atoms with Gasteiger partial charge < -0.3 is 0 Å². The number of aromatic nitrogens is 4. The van der Waals surface area contributed by atoms with Gasteiger partial charge in [0.1, 0.15) is 5.69 Å². The number of nitrogens with zero attached hydrogens (tertiary/aromatic N) is 4. The minimum Gasteiger partial charge on any atom is -0.261 e.